The van der Waals surface area contributed by atoms with Crippen LogP contribution in [-0.2, 0) is 16.9 Å². The molecule has 1 aliphatic heterocycles. The molecule has 0 atom stereocenters. The molecule has 1 N–H and O–H groups in total. The van der Waals surface area contributed by atoms with Gasteiger partial charge in [-0.1, -0.05) is 61.9 Å². The van der Waals surface area contributed by atoms with Gasteiger partial charge in [-0.3, -0.25) is 9.69 Å². The third kappa shape index (κ3) is 5.91. The second-order valence-electron chi connectivity index (χ2n) is 8.59. The van der Waals surface area contributed by atoms with Crippen LogP contribution in [0.15, 0.2) is 48.5 Å². The van der Waals surface area contributed by atoms with Crippen LogP contribution < -0.4 is 0 Å². The number of aliphatic hydroxyl groups is 1. The molecule has 0 spiro atoms. The van der Waals surface area contributed by atoms with Crippen LogP contribution in [0.3, 0.4) is 0 Å². The summed E-state index contributed by atoms with van der Waals surface area (Å²) in [5.41, 5.74) is 3.75. The predicted molar refractivity (Wildman–Crippen MR) is 119 cm³/mol. The largest absolute Gasteiger partial charge is 0.386 e. The Labute approximate surface area is 175 Å². The molecule has 0 saturated carbocycles. The number of amides is 1. The minimum Gasteiger partial charge on any atom is -0.386 e. The van der Waals surface area contributed by atoms with E-state index in [9.17, 15) is 9.90 Å². The zero-order valence-electron chi connectivity index (χ0n) is 18.0. The van der Waals surface area contributed by atoms with E-state index in [4.69, 9.17) is 0 Å². The Morgan fingerprint density at radius 3 is 2.00 bits per heavy atom. The number of benzene rings is 2. The lowest BCUT2D eigenvalue weighted by Crippen LogP contribution is -2.48. The number of hydrogen-bond acceptors (Lipinski definition) is 3. The first-order valence-electron chi connectivity index (χ1n) is 10.8. The summed E-state index contributed by atoms with van der Waals surface area (Å²) in [6.07, 6.45) is 2.76. The highest BCUT2D eigenvalue weighted by Gasteiger charge is 2.20. The molecule has 0 aromatic heterocycles. The van der Waals surface area contributed by atoms with Gasteiger partial charge in [0, 0.05) is 39.1 Å². The van der Waals surface area contributed by atoms with Gasteiger partial charge in [0.05, 0.1) is 5.60 Å². The van der Waals surface area contributed by atoms with Gasteiger partial charge in [0.2, 0.25) is 5.91 Å². The molecular formula is C25H34N2O2. The molecule has 0 radical (unpaired) electrons. The maximum Gasteiger partial charge on any atom is 0.222 e. The Kier molecular flexibility index (Phi) is 7.09. The Bertz CT molecular complexity index is 783. The van der Waals surface area contributed by atoms with Crippen LogP contribution in [0.2, 0.25) is 0 Å². The molecule has 1 saturated heterocycles. The van der Waals surface area contributed by atoms with E-state index in [0.717, 1.165) is 56.7 Å². The number of carbonyl (C=O) groups excluding carboxylic acids is 1. The van der Waals surface area contributed by atoms with E-state index in [-0.39, 0.29) is 0 Å². The highest BCUT2D eigenvalue weighted by Crippen LogP contribution is 2.25. The quantitative estimate of drug-likeness (QED) is 0.756. The van der Waals surface area contributed by atoms with E-state index >= 15 is 0 Å². The van der Waals surface area contributed by atoms with Crippen molar-refractivity contribution in [1.82, 2.24) is 9.80 Å². The zero-order chi connectivity index (χ0) is 20.9. The number of nitrogens with zero attached hydrogens (tertiary/aromatic N) is 2. The lowest BCUT2D eigenvalue weighted by atomic mass is 9.95. The molecule has 0 unspecified atom stereocenters. The molecule has 29 heavy (non-hydrogen) atoms. The maximum atomic E-state index is 12.2. The van der Waals surface area contributed by atoms with Crippen LogP contribution in [0.25, 0.3) is 11.1 Å². The molecule has 1 amide bonds. The molecule has 2 aromatic carbocycles. The molecular weight excluding hydrogens is 360 g/mol. The minimum absolute atomic E-state index is 0.312. The van der Waals surface area contributed by atoms with Crippen molar-refractivity contribution < 1.29 is 9.90 Å². The van der Waals surface area contributed by atoms with Crippen LogP contribution in [0, 0.1) is 0 Å². The molecule has 1 fully saturated rings. The molecule has 156 valence electrons. The topological polar surface area (TPSA) is 43.8 Å². The number of rotatable bonds is 7. The molecule has 4 nitrogen and oxygen atoms in total. The van der Waals surface area contributed by atoms with Crippen molar-refractivity contribution in [3.63, 3.8) is 0 Å². The number of piperazine rings is 1. The maximum absolute atomic E-state index is 12.2. The van der Waals surface area contributed by atoms with Crippen molar-refractivity contribution >= 4 is 5.91 Å². The SMILES string of the molecule is CCCCC(=O)N1CCN(Cc2ccc(-c3ccc(C(C)(C)O)cc3)cc2)CC1. The van der Waals surface area contributed by atoms with Crippen LogP contribution >= 0.6 is 0 Å². The summed E-state index contributed by atoms with van der Waals surface area (Å²) in [6.45, 7) is 10.2. The lowest BCUT2D eigenvalue weighted by Gasteiger charge is -2.34. The summed E-state index contributed by atoms with van der Waals surface area (Å²) in [4.78, 5) is 16.6. The Morgan fingerprint density at radius 1 is 0.931 bits per heavy atom. The van der Waals surface area contributed by atoms with Gasteiger partial charge >= 0.3 is 0 Å². The summed E-state index contributed by atoms with van der Waals surface area (Å²) < 4.78 is 0. The standard InChI is InChI=1S/C25H34N2O2/c1-4-5-6-24(28)27-17-15-26(16-18-27)19-20-7-9-21(10-8-20)22-11-13-23(14-12-22)25(2,3)29/h7-14,29H,4-6,15-19H2,1-3H3. The van der Waals surface area contributed by atoms with E-state index in [1.165, 1.54) is 11.1 Å². The van der Waals surface area contributed by atoms with Crippen molar-refractivity contribution in [2.24, 2.45) is 0 Å². The Hall–Kier alpha value is -2.17. The summed E-state index contributed by atoms with van der Waals surface area (Å²) in [5, 5.41) is 10.1. The summed E-state index contributed by atoms with van der Waals surface area (Å²) in [6, 6.07) is 16.8. The van der Waals surface area contributed by atoms with E-state index in [2.05, 4.69) is 48.2 Å². The van der Waals surface area contributed by atoms with Gasteiger partial charge in [0.1, 0.15) is 0 Å². The predicted octanol–water partition coefficient (Wildman–Crippen LogP) is 4.42. The van der Waals surface area contributed by atoms with E-state index in [1.54, 1.807) is 13.8 Å². The first-order chi connectivity index (χ1) is 13.9. The summed E-state index contributed by atoms with van der Waals surface area (Å²) in [5.74, 6) is 0.312. The molecule has 0 aliphatic carbocycles. The zero-order valence-corrected chi connectivity index (χ0v) is 18.0. The summed E-state index contributed by atoms with van der Waals surface area (Å²) in [7, 11) is 0. The molecule has 4 heteroatoms. The van der Waals surface area contributed by atoms with Gasteiger partial charge in [0.15, 0.2) is 0 Å². The fraction of sp³-hybridized carbons (Fsp3) is 0.480. The lowest BCUT2D eigenvalue weighted by molar-refractivity contribution is -0.133. The van der Waals surface area contributed by atoms with Crippen molar-refractivity contribution in [2.75, 3.05) is 26.2 Å². The minimum atomic E-state index is -0.812. The van der Waals surface area contributed by atoms with E-state index in [0.29, 0.717) is 12.3 Å². The van der Waals surface area contributed by atoms with E-state index < -0.39 is 5.60 Å². The monoisotopic (exact) mass is 394 g/mol. The van der Waals surface area contributed by atoms with Crippen LogP contribution in [0.1, 0.15) is 51.2 Å². The van der Waals surface area contributed by atoms with Gasteiger partial charge in [-0.25, -0.2) is 0 Å². The van der Waals surface area contributed by atoms with Gasteiger partial charge < -0.3 is 10.0 Å². The molecule has 1 heterocycles. The van der Waals surface area contributed by atoms with E-state index in [1.807, 2.05) is 17.0 Å². The average Bonchev–Trinajstić information content (AvgIpc) is 2.72. The Morgan fingerprint density at radius 2 is 1.48 bits per heavy atom. The average molecular weight is 395 g/mol. The van der Waals surface area contributed by atoms with Gasteiger partial charge in [0.25, 0.3) is 0 Å². The number of unbranched alkanes of at least 4 members (excludes halogenated alkanes) is 1. The smallest absolute Gasteiger partial charge is 0.222 e. The normalized spacial score (nSPS) is 15.5. The third-order valence-electron chi connectivity index (χ3n) is 5.75. The first kappa shape index (κ1) is 21.5. The highest BCUT2D eigenvalue weighted by atomic mass is 16.3. The first-order valence-corrected chi connectivity index (χ1v) is 10.8. The molecule has 0 bridgehead atoms. The van der Waals surface area contributed by atoms with Crippen molar-refractivity contribution in [3.05, 3.63) is 59.7 Å². The highest BCUT2D eigenvalue weighted by molar-refractivity contribution is 5.76. The summed E-state index contributed by atoms with van der Waals surface area (Å²) >= 11 is 0. The van der Waals surface area contributed by atoms with Crippen LogP contribution in [0.5, 0.6) is 0 Å². The molecule has 1 aliphatic rings. The fourth-order valence-electron chi connectivity index (χ4n) is 3.77. The van der Waals surface area contributed by atoms with Crippen molar-refractivity contribution in [2.45, 2.75) is 52.2 Å². The van der Waals surface area contributed by atoms with Gasteiger partial charge in [-0.2, -0.15) is 0 Å². The number of hydrogen-bond donors (Lipinski definition) is 1. The molecule has 2 aromatic rings. The van der Waals surface area contributed by atoms with Crippen molar-refractivity contribution in [3.8, 4) is 11.1 Å². The fourth-order valence-corrected chi connectivity index (χ4v) is 3.77. The second kappa shape index (κ2) is 9.55. The second-order valence-corrected chi connectivity index (χ2v) is 8.59. The Balaban J connectivity index is 1.53. The number of carbonyl (C=O) groups is 1. The van der Waals surface area contributed by atoms with Gasteiger partial charge in [-0.05, 0) is 42.5 Å². The van der Waals surface area contributed by atoms with Crippen LogP contribution in [0.4, 0.5) is 0 Å². The molecule has 3 rings (SSSR count). The van der Waals surface area contributed by atoms with Gasteiger partial charge in [-0.15, -0.1) is 0 Å². The van der Waals surface area contributed by atoms with Crippen molar-refractivity contribution in [1.29, 1.82) is 0 Å². The van der Waals surface area contributed by atoms with Crippen LogP contribution in [-0.4, -0.2) is 47.0 Å². The third-order valence-corrected chi connectivity index (χ3v) is 5.75.